The van der Waals surface area contributed by atoms with Crippen molar-refractivity contribution in [3.8, 4) is 0 Å². The zero-order valence-corrected chi connectivity index (χ0v) is 9.97. The fraction of sp³-hybridized carbons (Fsp3) is 0.417. The number of halogens is 2. The molecule has 0 aromatic heterocycles. The maximum Gasteiger partial charge on any atom is 0.156 e. The molecular weight excluding hydrogens is 245 g/mol. The second-order valence-electron chi connectivity index (χ2n) is 3.94. The summed E-state index contributed by atoms with van der Waals surface area (Å²) in [5.74, 6) is -0.592. The van der Waals surface area contributed by atoms with E-state index in [9.17, 15) is 9.18 Å². The van der Waals surface area contributed by atoms with Gasteiger partial charge in [0, 0.05) is 13.0 Å². The van der Waals surface area contributed by atoms with Gasteiger partial charge in [-0.2, -0.15) is 0 Å². The van der Waals surface area contributed by atoms with Gasteiger partial charge in [-0.1, -0.05) is 23.7 Å². The van der Waals surface area contributed by atoms with Gasteiger partial charge in [-0.15, -0.1) is 0 Å². The first-order chi connectivity index (χ1) is 8.18. The number of carbonyl (C=O) groups excluding carboxylic acids is 1. The minimum Gasteiger partial charge on any atom is -0.378 e. The number of morpholine rings is 1. The molecule has 1 aliphatic rings. The van der Waals surface area contributed by atoms with Gasteiger partial charge < -0.3 is 10.1 Å². The van der Waals surface area contributed by atoms with Crippen LogP contribution in [0.5, 0.6) is 0 Å². The molecule has 1 unspecified atom stereocenters. The number of carbonyl (C=O) groups is 1. The lowest BCUT2D eigenvalue weighted by Crippen LogP contribution is -2.47. The van der Waals surface area contributed by atoms with Gasteiger partial charge in [-0.05, 0) is 11.6 Å². The number of rotatable bonds is 3. The van der Waals surface area contributed by atoms with Gasteiger partial charge in [0.05, 0.1) is 24.3 Å². The van der Waals surface area contributed by atoms with E-state index in [1.165, 1.54) is 6.07 Å². The highest BCUT2D eigenvalue weighted by molar-refractivity contribution is 6.30. The van der Waals surface area contributed by atoms with Crippen LogP contribution in [0, 0.1) is 5.82 Å². The molecule has 92 valence electrons. The molecule has 3 nitrogen and oxygen atoms in total. The lowest BCUT2D eigenvalue weighted by Gasteiger charge is -2.22. The summed E-state index contributed by atoms with van der Waals surface area (Å²) in [6.07, 6.45) is 0.0351. The fourth-order valence-electron chi connectivity index (χ4n) is 1.77. The molecule has 1 aliphatic heterocycles. The van der Waals surface area contributed by atoms with Crippen molar-refractivity contribution >= 4 is 17.4 Å². The first kappa shape index (κ1) is 12.5. The van der Waals surface area contributed by atoms with Crippen molar-refractivity contribution in [2.24, 2.45) is 0 Å². The summed E-state index contributed by atoms with van der Waals surface area (Å²) >= 11 is 5.66. The summed E-state index contributed by atoms with van der Waals surface area (Å²) < 4.78 is 18.8. The average Bonchev–Trinajstić information content (AvgIpc) is 2.36. The van der Waals surface area contributed by atoms with E-state index < -0.39 is 5.82 Å². The first-order valence-corrected chi connectivity index (χ1v) is 5.83. The molecule has 1 atom stereocenters. The molecule has 1 fully saturated rings. The molecular formula is C12H13ClFNO2. The summed E-state index contributed by atoms with van der Waals surface area (Å²) in [5, 5.41) is 3.09. The molecule has 1 N–H and O–H groups in total. The average molecular weight is 258 g/mol. The maximum absolute atomic E-state index is 13.6. The van der Waals surface area contributed by atoms with Crippen LogP contribution in [-0.4, -0.2) is 31.6 Å². The van der Waals surface area contributed by atoms with Gasteiger partial charge in [0.1, 0.15) is 5.82 Å². The van der Waals surface area contributed by atoms with Crippen molar-refractivity contribution in [1.82, 2.24) is 5.32 Å². The van der Waals surface area contributed by atoms with E-state index in [1.54, 1.807) is 12.1 Å². The van der Waals surface area contributed by atoms with Crippen molar-refractivity contribution in [1.29, 1.82) is 0 Å². The topological polar surface area (TPSA) is 38.3 Å². The van der Waals surface area contributed by atoms with Gasteiger partial charge in [-0.25, -0.2) is 4.39 Å². The van der Waals surface area contributed by atoms with Crippen LogP contribution >= 0.6 is 11.6 Å². The lowest BCUT2D eigenvalue weighted by molar-refractivity contribution is -0.123. The highest BCUT2D eigenvalue weighted by Crippen LogP contribution is 2.18. The van der Waals surface area contributed by atoms with E-state index in [4.69, 9.17) is 16.3 Å². The summed E-state index contributed by atoms with van der Waals surface area (Å²) in [6.45, 7) is 1.60. The van der Waals surface area contributed by atoms with Crippen molar-refractivity contribution in [2.75, 3.05) is 19.8 Å². The van der Waals surface area contributed by atoms with Crippen molar-refractivity contribution < 1.29 is 13.9 Å². The van der Waals surface area contributed by atoms with Crippen LogP contribution in [0.1, 0.15) is 5.56 Å². The zero-order chi connectivity index (χ0) is 12.3. The van der Waals surface area contributed by atoms with E-state index in [2.05, 4.69) is 5.32 Å². The quantitative estimate of drug-likeness (QED) is 0.894. The lowest BCUT2D eigenvalue weighted by atomic mass is 10.0. The monoisotopic (exact) mass is 257 g/mol. The van der Waals surface area contributed by atoms with Crippen LogP contribution in [0.25, 0.3) is 0 Å². The van der Waals surface area contributed by atoms with E-state index in [0.29, 0.717) is 25.3 Å². The number of ether oxygens (including phenoxy) is 1. The van der Waals surface area contributed by atoms with Crippen LogP contribution in [0.15, 0.2) is 18.2 Å². The third-order valence-electron chi connectivity index (χ3n) is 2.71. The van der Waals surface area contributed by atoms with Gasteiger partial charge >= 0.3 is 0 Å². The first-order valence-electron chi connectivity index (χ1n) is 5.45. The van der Waals surface area contributed by atoms with Crippen LogP contribution < -0.4 is 5.32 Å². The Hall–Kier alpha value is -0.970. The Balaban J connectivity index is 2.04. The Morgan fingerprint density at radius 3 is 3.12 bits per heavy atom. The number of hydrogen-bond acceptors (Lipinski definition) is 3. The molecule has 1 aromatic carbocycles. The largest absolute Gasteiger partial charge is 0.378 e. The van der Waals surface area contributed by atoms with E-state index in [1.807, 2.05) is 0 Å². The predicted molar refractivity (Wildman–Crippen MR) is 62.7 cm³/mol. The molecule has 0 amide bonds. The minimum atomic E-state index is -0.515. The highest BCUT2D eigenvalue weighted by Gasteiger charge is 2.22. The predicted octanol–water partition coefficient (Wildman–Crippen LogP) is 1.58. The second kappa shape index (κ2) is 5.58. The third kappa shape index (κ3) is 3.03. The Morgan fingerprint density at radius 2 is 2.41 bits per heavy atom. The standard InChI is InChI=1S/C12H13ClFNO2/c13-9-3-1-2-8(12(9)14)6-11(16)10-7-17-5-4-15-10/h1-3,10,15H,4-7H2. The molecule has 0 radical (unpaired) electrons. The molecule has 0 saturated carbocycles. The number of benzene rings is 1. The molecule has 0 aliphatic carbocycles. The smallest absolute Gasteiger partial charge is 0.156 e. The number of hydrogen-bond donors (Lipinski definition) is 1. The Bertz CT molecular complexity index is 419. The summed E-state index contributed by atoms with van der Waals surface area (Å²) in [6, 6.07) is 4.33. The second-order valence-corrected chi connectivity index (χ2v) is 4.34. The van der Waals surface area contributed by atoms with E-state index >= 15 is 0 Å². The Kier molecular flexibility index (Phi) is 4.10. The van der Waals surface area contributed by atoms with Crippen LogP contribution in [0.4, 0.5) is 4.39 Å². The van der Waals surface area contributed by atoms with Gasteiger partial charge in [-0.3, -0.25) is 4.79 Å². The highest BCUT2D eigenvalue weighted by atomic mass is 35.5. The van der Waals surface area contributed by atoms with E-state index in [-0.39, 0.29) is 23.3 Å². The Labute approximate surface area is 104 Å². The van der Waals surface area contributed by atoms with Gasteiger partial charge in [0.25, 0.3) is 0 Å². The molecule has 17 heavy (non-hydrogen) atoms. The maximum atomic E-state index is 13.6. The molecule has 5 heteroatoms. The molecule has 1 heterocycles. The number of Topliss-reactive ketones (excluding diaryl/α,β-unsaturated/α-hetero) is 1. The van der Waals surface area contributed by atoms with Crippen LogP contribution in [0.2, 0.25) is 5.02 Å². The van der Waals surface area contributed by atoms with E-state index in [0.717, 1.165) is 0 Å². The zero-order valence-electron chi connectivity index (χ0n) is 9.21. The SMILES string of the molecule is O=C(Cc1cccc(Cl)c1F)C1COCCN1. The van der Waals surface area contributed by atoms with Gasteiger partial charge in [0.2, 0.25) is 0 Å². The molecule has 0 bridgehead atoms. The fourth-order valence-corrected chi connectivity index (χ4v) is 1.96. The summed E-state index contributed by atoms with van der Waals surface area (Å²) in [7, 11) is 0. The van der Waals surface area contributed by atoms with Crippen molar-refractivity contribution in [3.05, 3.63) is 34.6 Å². The third-order valence-corrected chi connectivity index (χ3v) is 3.00. The molecule has 2 rings (SSSR count). The summed E-state index contributed by atoms with van der Waals surface area (Å²) in [4.78, 5) is 11.9. The molecule has 0 spiro atoms. The summed E-state index contributed by atoms with van der Waals surface area (Å²) in [5.41, 5.74) is 0.329. The number of nitrogens with one attached hydrogen (secondary N) is 1. The minimum absolute atomic E-state index is 0.0351. The van der Waals surface area contributed by atoms with Crippen molar-refractivity contribution in [2.45, 2.75) is 12.5 Å². The van der Waals surface area contributed by atoms with Crippen molar-refractivity contribution in [3.63, 3.8) is 0 Å². The van der Waals surface area contributed by atoms with Gasteiger partial charge in [0.15, 0.2) is 5.78 Å². The van der Waals surface area contributed by atoms with Crippen LogP contribution in [0.3, 0.4) is 0 Å². The number of ketones is 1. The molecule has 1 aromatic rings. The van der Waals surface area contributed by atoms with Crippen LogP contribution in [-0.2, 0) is 16.0 Å². The normalized spacial score (nSPS) is 20.2. The molecule has 1 saturated heterocycles. The Morgan fingerprint density at radius 1 is 1.59 bits per heavy atom.